The van der Waals surface area contributed by atoms with Crippen LogP contribution in [0.3, 0.4) is 0 Å². The molecule has 0 atom stereocenters. The van der Waals surface area contributed by atoms with E-state index in [0.717, 1.165) is 5.56 Å². The lowest BCUT2D eigenvalue weighted by molar-refractivity contribution is -0.384. The first-order valence-corrected chi connectivity index (χ1v) is 8.98. The summed E-state index contributed by atoms with van der Waals surface area (Å²) in [4.78, 5) is 28.0. The van der Waals surface area contributed by atoms with Gasteiger partial charge in [0, 0.05) is 23.3 Å². The molecule has 0 N–H and O–H groups in total. The van der Waals surface area contributed by atoms with E-state index < -0.39 is 4.92 Å². The molecule has 1 aromatic heterocycles. The highest BCUT2D eigenvalue weighted by molar-refractivity contribution is 6.33. The van der Waals surface area contributed by atoms with E-state index >= 15 is 0 Å². The van der Waals surface area contributed by atoms with E-state index in [1.165, 1.54) is 29.1 Å². The summed E-state index contributed by atoms with van der Waals surface area (Å²) in [7, 11) is 0. The number of benzene rings is 3. The molecule has 0 aliphatic heterocycles. The molecule has 0 bridgehead atoms. The number of nitrogens with zero attached hydrogens (tertiary/aromatic N) is 4. The fourth-order valence-corrected chi connectivity index (χ4v) is 3.08. The van der Waals surface area contributed by atoms with Crippen molar-refractivity contribution >= 4 is 34.4 Å². The van der Waals surface area contributed by atoms with Crippen LogP contribution in [-0.4, -0.2) is 20.8 Å². The fourth-order valence-electron chi connectivity index (χ4n) is 2.86. The Morgan fingerprint density at radius 1 is 1.03 bits per heavy atom. The minimum atomic E-state index is -0.530. The molecule has 8 heteroatoms. The van der Waals surface area contributed by atoms with Crippen molar-refractivity contribution in [3.8, 4) is 11.4 Å². The second-order valence-electron chi connectivity index (χ2n) is 6.14. The van der Waals surface area contributed by atoms with Crippen LogP contribution in [0.25, 0.3) is 22.3 Å². The first-order chi connectivity index (χ1) is 14.0. The summed E-state index contributed by atoms with van der Waals surface area (Å²) in [6.45, 7) is 0. The van der Waals surface area contributed by atoms with E-state index in [-0.39, 0.29) is 16.3 Å². The SMILES string of the molecule is O=c1c2ccccc2nc(-c2ccccc2)n1N=Cc1ccc([N+](=O)[O-])cc1Cl. The van der Waals surface area contributed by atoms with Crippen molar-refractivity contribution in [2.75, 3.05) is 0 Å². The summed E-state index contributed by atoms with van der Waals surface area (Å²) >= 11 is 6.13. The molecule has 7 nitrogen and oxygen atoms in total. The Labute approximate surface area is 169 Å². The van der Waals surface area contributed by atoms with Gasteiger partial charge >= 0.3 is 0 Å². The van der Waals surface area contributed by atoms with Crippen LogP contribution in [0.4, 0.5) is 5.69 Å². The predicted molar refractivity (Wildman–Crippen MR) is 113 cm³/mol. The van der Waals surface area contributed by atoms with Gasteiger partial charge in [-0.05, 0) is 18.2 Å². The number of fused-ring (bicyclic) bond motifs is 1. The third-order valence-electron chi connectivity index (χ3n) is 4.29. The van der Waals surface area contributed by atoms with Crippen molar-refractivity contribution in [2.45, 2.75) is 0 Å². The highest BCUT2D eigenvalue weighted by atomic mass is 35.5. The fraction of sp³-hybridized carbons (Fsp3) is 0. The number of aromatic nitrogens is 2. The largest absolute Gasteiger partial charge is 0.282 e. The van der Waals surface area contributed by atoms with E-state index in [9.17, 15) is 14.9 Å². The van der Waals surface area contributed by atoms with Gasteiger partial charge in [0.2, 0.25) is 0 Å². The van der Waals surface area contributed by atoms with Crippen molar-refractivity contribution in [2.24, 2.45) is 5.10 Å². The summed E-state index contributed by atoms with van der Waals surface area (Å²) in [6, 6.07) is 20.3. The van der Waals surface area contributed by atoms with Gasteiger partial charge in [0.1, 0.15) is 0 Å². The third-order valence-corrected chi connectivity index (χ3v) is 4.62. The molecule has 0 aliphatic carbocycles. The van der Waals surface area contributed by atoms with Gasteiger partial charge in [0.25, 0.3) is 11.2 Å². The van der Waals surface area contributed by atoms with E-state index in [2.05, 4.69) is 10.1 Å². The number of nitro groups is 1. The zero-order valence-corrected chi connectivity index (χ0v) is 15.7. The van der Waals surface area contributed by atoms with Crippen LogP contribution in [0.15, 0.2) is 82.7 Å². The molecule has 0 saturated heterocycles. The zero-order chi connectivity index (χ0) is 20.4. The lowest BCUT2D eigenvalue weighted by Gasteiger charge is -2.09. The Bertz CT molecular complexity index is 1320. The Hall–Kier alpha value is -3.84. The summed E-state index contributed by atoms with van der Waals surface area (Å²) in [5, 5.41) is 15.8. The van der Waals surface area contributed by atoms with Crippen molar-refractivity contribution in [3.63, 3.8) is 0 Å². The molecule has 0 spiro atoms. The number of nitro benzene ring substituents is 1. The molecule has 4 rings (SSSR count). The van der Waals surface area contributed by atoms with Crippen molar-refractivity contribution in [1.29, 1.82) is 0 Å². The number of rotatable bonds is 4. The quantitative estimate of drug-likeness (QED) is 0.284. The number of non-ortho nitro benzene ring substituents is 1. The molecule has 0 unspecified atom stereocenters. The highest BCUT2D eigenvalue weighted by Crippen LogP contribution is 2.22. The second kappa shape index (κ2) is 7.65. The molecular formula is C21H13ClN4O3. The Balaban J connectivity index is 1.89. The molecule has 142 valence electrons. The lowest BCUT2D eigenvalue weighted by atomic mass is 10.2. The van der Waals surface area contributed by atoms with Gasteiger partial charge in [0.05, 0.1) is 27.1 Å². The zero-order valence-electron chi connectivity index (χ0n) is 14.9. The molecule has 3 aromatic carbocycles. The van der Waals surface area contributed by atoms with Crippen molar-refractivity contribution in [1.82, 2.24) is 9.66 Å². The normalized spacial score (nSPS) is 11.2. The van der Waals surface area contributed by atoms with E-state index in [4.69, 9.17) is 11.6 Å². The maximum atomic E-state index is 13.1. The lowest BCUT2D eigenvalue weighted by Crippen LogP contribution is -2.20. The maximum absolute atomic E-state index is 13.1. The van der Waals surface area contributed by atoms with Crippen LogP contribution in [-0.2, 0) is 0 Å². The van der Waals surface area contributed by atoms with Gasteiger partial charge < -0.3 is 0 Å². The van der Waals surface area contributed by atoms with Gasteiger partial charge in [-0.3, -0.25) is 14.9 Å². The van der Waals surface area contributed by atoms with E-state index in [1.807, 2.05) is 36.4 Å². The van der Waals surface area contributed by atoms with Gasteiger partial charge in [-0.25, -0.2) is 4.98 Å². The van der Waals surface area contributed by atoms with Gasteiger partial charge in [-0.15, -0.1) is 0 Å². The van der Waals surface area contributed by atoms with Crippen molar-refractivity contribution in [3.05, 3.63) is 104 Å². The minimum absolute atomic E-state index is 0.123. The first-order valence-electron chi connectivity index (χ1n) is 8.60. The number of hydrogen-bond donors (Lipinski definition) is 0. The molecule has 1 heterocycles. The topological polar surface area (TPSA) is 90.4 Å². The molecule has 4 aromatic rings. The Morgan fingerprint density at radius 3 is 2.48 bits per heavy atom. The Kier molecular flexibility index (Phi) is 4.88. The average Bonchev–Trinajstić information content (AvgIpc) is 2.74. The van der Waals surface area contributed by atoms with Crippen LogP contribution in [0.2, 0.25) is 5.02 Å². The molecule has 29 heavy (non-hydrogen) atoms. The van der Waals surface area contributed by atoms with E-state index in [1.54, 1.807) is 18.2 Å². The molecule has 0 fully saturated rings. The van der Waals surface area contributed by atoms with Gasteiger partial charge in [-0.2, -0.15) is 9.78 Å². The summed E-state index contributed by atoms with van der Waals surface area (Å²) in [5.74, 6) is 0.378. The minimum Gasteiger partial charge on any atom is -0.267 e. The van der Waals surface area contributed by atoms with Crippen LogP contribution < -0.4 is 5.56 Å². The molecular weight excluding hydrogens is 392 g/mol. The average molecular weight is 405 g/mol. The van der Waals surface area contributed by atoms with E-state index in [0.29, 0.717) is 22.3 Å². The van der Waals surface area contributed by atoms with Crippen LogP contribution in [0, 0.1) is 10.1 Å². The maximum Gasteiger partial charge on any atom is 0.282 e. The summed E-state index contributed by atoms with van der Waals surface area (Å²) < 4.78 is 1.20. The molecule has 0 aliphatic rings. The standard InChI is InChI=1S/C21H13ClN4O3/c22-18-12-16(26(28)29)11-10-15(18)13-23-25-20(14-6-2-1-3-7-14)24-19-9-5-4-8-17(19)21(25)27/h1-13H. The number of hydrogen-bond acceptors (Lipinski definition) is 5. The van der Waals surface area contributed by atoms with Gasteiger partial charge in [-0.1, -0.05) is 54.1 Å². The highest BCUT2D eigenvalue weighted by Gasteiger charge is 2.13. The molecule has 0 saturated carbocycles. The van der Waals surface area contributed by atoms with Gasteiger partial charge in [0.15, 0.2) is 5.82 Å². The Morgan fingerprint density at radius 2 is 1.76 bits per heavy atom. The van der Waals surface area contributed by atoms with Crippen molar-refractivity contribution < 1.29 is 4.92 Å². The monoisotopic (exact) mass is 404 g/mol. The number of para-hydroxylation sites is 1. The first kappa shape index (κ1) is 18.5. The molecule has 0 amide bonds. The summed E-state index contributed by atoms with van der Waals surface area (Å²) in [5.41, 5.74) is 1.28. The predicted octanol–water partition coefficient (Wildman–Crippen LogP) is 4.51. The summed E-state index contributed by atoms with van der Waals surface area (Å²) in [6.07, 6.45) is 1.39. The third kappa shape index (κ3) is 3.63. The van der Waals surface area contributed by atoms with Crippen LogP contribution in [0.5, 0.6) is 0 Å². The molecule has 0 radical (unpaired) electrons. The van der Waals surface area contributed by atoms with Crippen LogP contribution >= 0.6 is 11.6 Å². The smallest absolute Gasteiger partial charge is 0.267 e. The second-order valence-corrected chi connectivity index (χ2v) is 6.55. The van der Waals surface area contributed by atoms with Crippen LogP contribution in [0.1, 0.15) is 5.56 Å². The number of halogens is 1.